The standard InChI is InChI=1S/C17H17ClN2O5/c1-10(25-17(22)11-4-5-19-15(18)6-11)16(21)20-12-7-13(23-2)9-14(8-12)24-3/h4-10H,1-3H3,(H,20,21). The van der Waals surface area contributed by atoms with Gasteiger partial charge in [-0.25, -0.2) is 9.78 Å². The maximum atomic E-state index is 12.2. The lowest BCUT2D eigenvalue weighted by molar-refractivity contribution is -0.123. The maximum absolute atomic E-state index is 12.2. The highest BCUT2D eigenvalue weighted by atomic mass is 35.5. The van der Waals surface area contributed by atoms with Crippen molar-refractivity contribution in [2.45, 2.75) is 13.0 Å². The van der Waals surface area contributed by atoms with Crippen molar-refractivity contribution in [3.8, 4) is 11.5 Å². The average molecular weight is 365 g/mol. The van der Waals surface area contributed by atoms with Crippen LogP contribution in [0.2, 0.25) is 5.15 Å². The van der Waals surface area contributed by atoms with Crippen LogP contribution in [-0.4, -0.2) is 37.2 Å². The van der Waals surface area contributed by atoms with E-state index in [-0.39, 0.29) is 10.7 Å². The zero-order chi connectivity index (χ0) is 18.4. The van der Waals surface area contributed by atoms with Crippen molar-refractivity contribution in [3.05, 3.63) is 47.2 Å². The van der Waals surface area contributed by atoms with Crippen LogP contribution in [0.1, 0.15) is 17.3 Å². The van der Waals surface area contributed by atoms with E-state index in [1.54, 1.807) is 18.2 Å². The minimum absolute atomic E-state index is 0.162. The number of hydrogen-bond donors (Lipinski definition) is 1. The smallest absolute Gasteiger partial charge is 0.339 e. The fraction of sp³-hybridized carbons (Fsp3) is 0.235. The molecular weight excluding hydrogens is 348 g/mol. The molecule has 0 saturated heterocycles. The first kappa shape index (κ1) is 18.5. The zero-order valence-corrected chi connectivity index (χ0v) is 14.7. The van der Waals surface area contributed by atoms with E-state index in [0.29, 0.717) is 17.2 Å². The summed E-state index contributed by atoms with van der Waals surface area (Å²) in [5, 5.41) is 2.81. The minimum atomic E-state index is -1.02. The normalized spacial score (nSPS) is 11.4. The summed E-state index contributed by atoms with van der Waals surface area (Å²) in [6, 6.07) is 7.73. The van der Waals surface area contributed by atoms with Gasteiger partial charge in [0.15, 0.2) is 6.10 Å². The zero-order valence-electron chi connectivity index (χ0n) is 13.9. The van der Waals surface area contributed by atoms with Crippen LogP contribution in [0.5, 0.6) is 11.5 Å². The molecule has 2 rings (SSSR count). The Kier molecular flexibility index (Phi) is 6.19. The number of nitrogens with zero attached hydrogens (tertiary/aromatic N) is 1. The lowest BCUT2D eigenvalue weighted by Crippen LogP contribution is -2.30. The Bertz CT molecular complexity index is 759. The number of rotatable bonds is 6. The number of benzene rings is 1. The molecule has 8 heteroatoms. The van der Waals surface area contributed by atoms with E-state index in [2.05, 4.69) is 10.3 Å². The summed E-state index contributed by atoms with van der Waals surface area (Å²) in [6.07, 6.45) is 0.364. The molecule has 0 saturated carbocycles. The van der Waals surface area contributed by atoms with Crippen molar-refractivity contribution >= 4 is 29.2 Å². The highest BCUT2D eigenvalue weighted by Gasteiger charge is 2.20. The van der Waals surface area contributed by atoms with E-state index in [4.69, 9.17) is 25.8 Å². The summed E-state index contributed by atoms with van der Waals surface area (Å²) in [7, 11) is 3.01. The molecule has 1 atom stereocenters. The number of amides is 1. The third kappa shape index (κ3) is 5.09. The van der Waals surface area contributed by atoms with E-state index < -0.39 is 18.0 Å². The fourth-order valence-electron chi connectivity index (χ4n) is 1.94. The first-order valence-electron chi connectivity index (χ1n) is 7.29. The van der Waals surface area contributed by atoms with E-state index >= 15 is 0 Å². The van der Waals surface area contributed by atoms with Gasteiger partial charge < -0.3 is 19.5 Å². The first-order valence-corrected chi connectivity index (χ1v) is 7.67. The summed E-state index contributed by atoms with van der Waals surface area (Å²) in [5.74, 6) is -0.129. The van der Waals surface area contributed by atoms with Crippen LogP contribution in [0, 0.1) is 0 Å². The van der Waals surface area contributed by atoms with Crippen molar-refractivity contribution in [1.82, 2.24) is 4.98 Å². The number of anilines is 1. The summed E-state index contributed by atoms with van der Waals surface area (Å²) in [6.45, 7) is 1.47. The summed E-state index contributed by atoms with van der Waals surface area (Å²) >= 11 is 5.73. The van der Waals surface area contributed by atoms with Gasteiger partial charge in [0.1, 0.15) is 16.7 Å². The molecule has 1 heterocycles. The van der Waals surface area contributed by atoms with Crippen LogP contribution < -0.4 is 14.8 Å². The Morgan fingerprint density at radius 2 is 1.76 bits per heavy atom. The number of methoxy groups -OCH3 is 2. The van der Waals surface area contributed by atoms with Crippen LogP contribution in [-0.2, 0) is 9.53 Å². The molecule has 1 aromatic heterocycles. The molecule has 1 unspecified atom stereocenters. The van der Waals surface area contributed by atoms with Crippen molar-refractivity contribution in [1.29, 1.82) is 0 Å². The predicted octanol–water partition coefficient (Wildman–Crippen LogP) is 2.94. The molecule has 1 amide bonds. The molecule has 0 aliphatic carbocycles. The number of carbonyl (C=O) groups is 2. The Morgan fingerprint density at radius 1 is 1.12 bits per heavy atom. The molecule has 7 nitrogen and oxygen atoms in total. The number of aromatic nitrogens is 1. The highest BCUT2D eigenvalue weighted by Crippen LogP contribution is 2.26. The maximum Gasteiger partial charge on any atom is 0.339 e. The van der Waals surface area contributed by atoms with E-state index in [0.717, 1.165) is 0 Å². The number of hydrogen-bond acceptors (Lipinski definition) is 6. The van der Waals surface area contributed by atoms with Crippen LogP contribution >= 0.6 is 11.6 Å². The van der Waals surface area contributed by atoms with Crippen molar-refractivity contribution in [3.63, 3.8) is 0 Å². The molecule has 1 aromatic carbocycles. The lowest BCUT2D eigenvalue weighted by atomic mass is 10.2. The molecule has 25 heavy (non-hydrogen) atoms. The van der Waals surface area contributed by atoms with Crippen LogP contribution in [0.15, 0.2) is 36.5 Å². The second-order valence-electron chi connectivity index (χ2n) is 5.01. The van der Waals surface area contributed by atoms with Gasteiger partial charge in [0.05, 0.1) is 19.8 Å². The third-order valence-corrected chi connectivity index (χ3v) is 3.44. The molecule has 0 aliphatic rings. The molecule has 132 valence electrons. The van der Waals surface area contributed by atoms with Gasteiger partial charge in [0.25, 0.3) is 5.91 Å². The Balaban J connectivity index is 2.04. The molecular formula is C17H17ClN2O5. The number of halogens is 1. The topological polar surface area (TPSA) is 86.8 Å². The summed E-state index contributed by atoms with van der Waals surface area (Å²) in [5.41, 5.74) is 0.666. The van der Waals surface area contributed by atoms with Crippen LogP contribution in [0.4, 0.5) is 5.69 Å². The number of esters is 1. The largest absolute Gasteiger partial charge is 0.497 e. The van der Waals surface area contributed by atoms with Gasteiger partial charge in [-0.15, -0.1) is 0 Å². The first-order chi connectivity index (χ1) is 11.9. The second-order valence-corrected chi connectivity index (χ2v) is 5.39. The molecule has 2 aromatic rings. The van der Waals surface area contributed by atoms with Gasteiger partial charge in [-0.2, -0.15) is 0 Å². The lowest BCUT2D eigenvalue weighted by Gasteiger charge is -2.15. The molecule has 0 aliphatic heterocycles. The van der Waals surface area contributed by atoms with Gasteiger partial charge in [0.2, 0.25) is 0 Å². The second kappa shape index (κ2) is 8.34. The predicted molar refractivity (Wildman–Crippen MR) is 92.3 cm³/mol. The average Bonchev–Trinajstić information content (AvgIpc) is 2.61. The van der Waals surface area contributed by atoms with E-state index in [9.17, 15) is 9.59 Å². The number of carbonyl (C=O) groups excluding carboxylic acids is 2. The molecule has 1 N–H and O–H groups in total. The SMILES string of the molecule is COc1cc(NC(=O)C(C)OC(=O)c2ccnc(Cl)c2)cc(OC)c1. The van der Waals surface area contributed by atoms with Gasteiger partial charge in [-0.05, 0) is 19.1 Å². The van der Waals surface area contributed by atoms with Crippen molar-refractivity contribution in [2.75, 3.05) is 19.5 Å². The Labute approximate surface area is 149 Å². The molecule has 0 fully saturated rings. The third-order valence-electron chi connectivity index (χ3n) is 3.23. The van der Waals surface area contributed by atoms with Crippen molar-refractivity contribution in [2.24, 2.45) is 0 Å². The number of pyridine rings is 1. The quantitative estimate of drug-likeness (QED) is 0.626. The monoisotopic (exact) mass is 364 g/mol. The Hall–Kier alpha value is -2.80. The molecule has 0 radical (unpaired) electrons. The molecule has 0 bridgehead atoms. The van der Waals surface area contributed by atoms with Crippen LogP contribution in [0.25, 0.3) is 0 Å². The van der Waals surface area contributed by atoms with Gasteiger partial charge >= 0.3 is 5.97 Å². The Morgan fingerprint density at radius 3 is 2.32 bits per heavy atom. The van der Waals surface area contributed by atoms with Crippen LogP contribution in [0.3, 0.4) is 0 Å². The molecule has 0 spiro atoms. The number of ether oxygens (including phenoxy) is 3. The summed E-state index contributed by atoms with van der Waals surface area (Å²) < 4.78 is 15.4. The summed E-state index contributed by atoms with van der Waals surface area (Å²) in [4.78, 5) is 28.1. The fourth-order valence-corrected chi connectivity index (χ4v) is 2.11. The van der Waals surface area contributed by atoms with E-state index in [1.165, 1.54) is 39.5 Å². The minimum Gasteiger partial charge on any atom is -0.497 e. The highest BCUT2D eigenvalue weighted by molar-refractivity contribution is 6.29. The van der Waals surface area contributed by atoms with Crippen molar-refractivity contribution < 1.29 is 23.8 Å². The van der Waals surface area contributed by atoms with Gasteiger partial charge in [-0.1, -0.05) is 11.6 Å². The van der Waals surface area contributed by atoms with Gasteiger partial charge in [-0.3, -0.25) is 4.79 Å². The van der Waals surface area contributed by atoms with Gasteiger partial charge in [0, 0.05) is 30.1 Å². The van der Waals surface area contributed by atoms with E-state index in [1.807, 2.05) is 0 Å². The number of nitrogens with one attached hydrogen (secondary N) is 1.